The van der Waals surface area contributed by atoms with Crippen LogP contribution < -0.4 is 0 Å². The molecule has 0 bridgehead atoms. The molecule has 1 atom stereocenters. The molecule has 90 valence electrons. The Balaban J connectivity index is 1.69. The van der Waals surface area contributed by atoms with E-state index in [0.717, 1.165) is 32.0 Å². The number of aliphatic hydroxyl groups is 1. The van der Waals surface area contributed by atoms with Crippen molar-refractivity contribution in [1.29, 1.82) is 0 Å². The molecular formula is C14H23NO. The predicted molar refractivity (Wildman–Crippen MR) is 65.3 cm³/mol. The van der Waals surface area contributed by atoms with Crippen molar-refractivity contribution in [2.45, 2.75) is 63.0 Å². The number of nitrogens with zero attached hydrogens (tertiary/aromatic N) is 1. The molecule has 2 aliphatic carbocycles. The predicted octanol–water partition coefficient (Wildman–Crippen LogP) is 2.48. The Morgan fingerprint density at radius 1 is 1.25 bits per heavy atom. The van der Waals surface area contributed by atoms with E-state index >= 15 is 0 Å². The van der Waals surface area contributed by atoms with Crippen molar-refractivity contribution in [2.24, 2.45) is 0 Å². The van der Waals surface area contributed by atoms with Crippen LogP contribution in [-0.4, -0.2) is 34.7 Å². The minimum absolute atomic E-state index is 0.465. The molecule has 3 aliphatic rings. The Kier molecular flexibility index (Phi) is 2.80. The van der Waals surface area contributed by atoms with Gasteiger partial charge in [-0.15, -0.1) is 0 Å². The highest BCUT2D eigenvalue weighted by Crippen LogP contribution is 2.38. The zero-order valence-electron chi connectivity index (χ0n) is 10.1. The van der Waals surface area contributed by atoms with Crippen LogP contribution in [-0.2, 0) is 0 Å². The van der Waals surface area contributed by atoms with Crippen molar-refractivity contribution in [3.05, 3.63) is 11.6 Å². The van der Waals surface area contributed by atoms with Gasteiger partial charge in [0.05, 0.1) is 5.60 Å². The maximum Gasteiger partial charge on any atom is 0.0995 e. The lowest BCUT2D eigenvalue weighted by molar-refractivity contribution is 0.0812. The highest BCUT2D eigenvalue weighted by atomic mass is 16.3. The third-order valence-electron chi connectivity index (χ3n) is 4.48. The van der Waals surface area contributed by atoms with Crippen LogP contribution in [0.2, 0.25) is 0 Å². The molecule has 2 fully saturated rings. The number of hydrogen-bond acceptors (Lipinski definition) is 2. The minimum atomic E-state index is -0.465. The summed E-state index contributed by atoms with van der Waals surface area (Å²) >= 11 is 0. The second-order valence-corrected chi connectivity index (χ2v) is 5.81. The Morgan fingerprint density at radius 3 is 2.94 bits per heavy atom. The molecule has 1 N–H and O–H groups in total. The molecule has 0 amide bonds. The summed E-state index contributed by atoms with van der Waals surface area (Å²) in [5, 5.41) is 10.8. The van der Waals surface area contributed by atoms with Crippen molar-refractivity contribution < 1.29 is 5.11 Å². The fourth-order valence-corrected chi connectivity index (χ4v) is 3.27. The molecule has 0 aromatic rings. The van der Waals surface area contributed by atoms with E-state index in [1.54, 1.807) is 0 Å². The van der Waals surface area contributed by atoms with Gasteiger partial charge < -0.3 is 5.11 Å². The Bertz CT molecular complexity index is 295. The fraction of sp³-hybridized carbons (Fsp3) is 0.857. The van der Waals surface area contributed by atoms with E-state index in [9.17, 15) is 5.11 Å². The Labute approximate surface area is 98.3 Å². The molecule has 0 aromatic heterocycles. The second kappa shape index (κ2) is 4.15. The summed E-state index contributed by atoms with van der Waals surface area (Å²) in [5.41, 5.74) is 0.889. The molecule has 1 unspecified atom stereocenters. The van der Waals surface area contributed by atoms with Crippen molar-refractivity contribution >= 4 is 0 Å². The first kappa shape index (κ1) is 10.8. The molecule has 1 saturated carbocycles. The van der Waals surface area contributed by atoms with E-state index in [-0.39, 0.29) is 0 Å². The number of allylic oxidation sites excluding steroid dienone is 1. The van der Waals surface area contributed by atoms with Crippen LogP contribution >= 0.6 is 0 Å². The van der Waals surface area contributed by atoms with Crippen LogP contribution in [0.15, 0.2) is 11.6 Å². The molecule has 1 aliphatic heterocycles. The summed E-state index contributed by atoms with van der Waals surface area (Å²) in [6, 6.07) is 0.806. The smallest absolute Gasteiger partial charge is 0.0995 e. The number of β-amino-alcohol motifs (C(OH)–C–C–N with tert-alkyl or cyclic N) is 1. The first-order chi connectivity index (χ1) is 7.78. The summed E-state index contributed by atoms with van der Waals surface area (Å²) in [5.74, 6) is 0. The van der Waals surface area contributed by atoms with Gasteiger partial charge in [-0.05, 0) is 50.5 Å². The zero-order valence-corrected chi connectivity index (χ0v) is 10.1. The van der Waals surface area contributed by atoms with E-state index in [0.29, 0.717) is 0 Å². The van der Waals surface area contributed by atoms with Gasteiger partial charge in [0.1, 0.15) is 0 Å². The number of rotatable bonds is 2. The van der Waals surface area contributed by atoms with E-state index in [4.69, 9.17) is 0 Å². The van der Waals surface area contributed by atoms with Gasteiger partial charge in [-0.3, -0.25) is 4.90 Å². The summed E-state index contributed by atoms with van der Waals surface area (Å²) in [6.45, 7) is 2.02. The van der Waals surface area contributed by atoms with Crippen LogP contribution in [0.5, 0.6) is 0 Å². The standard InChI is InChI=1S/C14H23NO/c16-14(12-5-3-1-2-4-6-12)9-10-15(11-14)13-7-8-13/h5,13,16H,1-4,6-11H2. The third kappa shape index (κ3) is 2.05. The van der Waals surface area contributed by atoms with Crippen LogP contribution in [0.25, 0.3) is 0 Å². The molecule has 16 heavy (non-hydrogen) atoms. The lowest BCUT2D eigenvalue weighted by atomic mass is 9.89. The maximum atomic E-state index is 10.8. The molecular weight excluding hydrogens is 198 g/mol. The first-order valence-electron chi connectivity index (χ1n) is 6.94. The number of hydrogen-bond donors (Lipinski definition) is 1. The van der Waals surface area contributed by atoms with Crippen molar-refractivity contribution in [3.8, 4) is 0 Å². The van der Waals surface area contributed by atoms with Gasteiger partial charge in [0.15, 0.2) is 0 Å². The molecule has 1 heterocycles. The van der Waals surface area contributed by atoms with Gasteiger partial charge in [0.25, 0.3) is 0 Å². The van der Waals surface area contributed by atoms with Crippen LogP contribution in [0.1, 0.15) is 51.4 Å². The second-order valence-electron chi connectivity index (χ2n) is 5.81. The average Bonchev–Trinajstić information content (AvgIpc) is 3.08. The molecule has 2 nitrogen and oxygen atoms in total. The fourth-order valence-electron chi connectivity index (χ4n) is 3.27. The van der Waals surface area contributed by atoms with Crippen molar-refractivity contribution in [1.82, 2.24) is 4.90 Å². The highest BCUT2D eigenvalue weighted by molar-refractivity contribution is 5.21. The van der Waals surface area contributed by atoms with Gasteiger partial charge in [-0.1, -0.05) is 12.5 Å². The normalized spacial score (nSPS) is 37.2. The third-order valence-corrected chi connectivity index (χ3v) is 4.48. The van der Waals surface area contributed by atoms with Gasteiger partial charge >= 0.3 is 0 Å². The molecule has 2 heteroatoms. The van der Waals surface area contributed by atoms with Crippen LogP contribution in [0.4, 0.5) is 0 Å². The zero-order chi connectivity index (χ0) is 11.0. The molecule has 0 spiro atoms. The van der Waals surface area contributed by atoms with Crippen LogP contribution in [0.3, 0.4) is 0 Å². The summed E-state index contributed by atoms with van der Waals surface area (Å²) in [4.78, 5) is 2.51. The largest absolute Gasteiger partial charge is 0.384 e. The Morgan fingerprint density at radius 2 is 2.12 bits per heavy atom. The van der Waals surface area contributed by atoms with Gasteiger partial charge in [0.2, 0.25) is 0 Å². The SMILES string of the molecule is OC1(C2=CCCCCC2)CCN(C2CC2)C1. The monoisotopic (exact) mass is 221 g/mol. The minimum Gasteiger partial charge on any atom is -0.384 e. The van der Waals surface area contributed by atoms with Gasteiger partial charge in [-0.25, -0.2) is 0 Å². The molecule has 3 rings (SSSR count). The quantitative estimate of drug-likeness (QED) is 0.724. The molecule has 0 aromatic carbocycles. The van der Waals surface area contributed by atoms with Crippen LogP contribution in [0, 0.1) is 0 Å². The van der Waals surface area contributed by atoms with Crippen molar-refractivity contribution in [3.63, 3.8) is 0 Å². The van der Waals surface area contributed by atoms with Gasteiger partial charge in [-0.2, -0.15) is 0 Å². The number of likely N-dealkylation sites (tertiary alicyclic amines) is 1. The van der Waals surface area contributed by atoms with E-state index in [1.807, 2.05) is 0 Å². The van der Waals surface area contributed by atoms with Gasteiger partial charge in [0, 0.05) is 19.1 Å². The van der Waals surface area contributed by atoms with Crippen molar-refractivity contribution in [2.75, 3.05) is 13.1 Å². The Hall–Kier alpha value is -0.340. The van der Waals surface area contributed by atoms with E-state index < -0.39 is 5.60 Å². The summed E-state index contributed by atoms with van der Waals surface area (Å²) in [6.07, 6.45) is 12.3. The maximum absolute atomic E-state index is 10.8. The highest BCUT2D eigenvalue weighted by Gasteiger charge is 2.43. The first-order valence-corrected chi connectivity index (χ1v) is 6.94. The molecule has 0 radical (unpaired) electrons. The van der Waals surface area contributed by atoms with E-state index in [1.165, 1.54) is 44.1 Å². The molecule has 1 saturated heterocycles. The summed E-state index contributed by atoms with van der Waals surface area (Å²) in [7, 11) is 0. The average molecular weight is 221 g/mol. The lowest BCUT2D eigenvalue weighted by Gasteiger charge is -2.26. The topological polar surface area (TPSA) is 23.5 Å². The van der Waals surface area contributed by atoms with E-state index in [2.05, 4.69) is 11.0 Å². The lowest BCUT2D eigenvalue weighted by Crippen LogP contribution is -2.36. The summed E-state index contributed by atoms with van der Waals surface area (Å²) < 4.78 is 0.